The Bertz CT molecular complexity index is 1150. The molecule has 9 heteroatoms. The van der Waals surface area contributed by atoms with Crippen molar-refractivity contribution in [3.63, 3.8) is 0 Å². The molecule has 0 spiro atoms. The minimum absolute atomic E-state index is 0.135. The molecular formula is C22H21N5O2S2. The number of anilines is 1. The van der Waals surface area contributed by atoms with Gasteiger partial charge in [0.25, 0.3) is 0 Å². The van der Waals surface area contributed by atoms with Crippen molar-refractivity contribution < 1.29 is 9.53 Å². The van der Waals surface area contributed by atoms with E-state index < -0.39 is 5.25 Å². The molecule has 2 aromatic heterocycles. The highest BCUT2D eigenvalue weighted by Crippen LogP contribution is 2.27. The van der Waals surface area contributed by atoms with Crippen molar-refractivity contribution >= 4 is 34.1 Å². The molecule has 0 aliphatic heterocycles. The van der Waals surface area contributed by atoms with Gasteiger partial charge in [-0.1, -0.05) is 48.2 Å². The molecule has 0 aliphatic rings. The smallest absolute Gasteiger partial charge is 0.239 e. The second kappa shape index (κ2) is 9.76. The third kappa shape index (κ3) is 5.31. The van der Waals surface area contributed by atoms with Crippen molar-refractivity contribution in [2.45, 2.75) is 30.9 Å². The van der Waals surface area contributed by atoms with E-state index in [1.807, 2.05) is 84.5 Å². The fourth-order valence-corrected chi connectivity index (χ4v) is 4.38. The summed E-state index contributed by atoms with van der Waals surface area (Å²) in [5.41, 5.74) is 1.79. The van der Waals surface area contributed by atoms with Crippen LogP contribution in [0.1, 0.15) is 18.4 Å². The molecule has 0 bridgehead atoms. The van der Waals surface area contributed by atoms with E-state index in [0.717, 1.165) is 17.1 Å². The van der Waals surface area contributed by atoms with Crippen LogP contribution in [0.5, 0.6) is 5.75 Å². The molecule has 0 unspecified atom stereocenters. The number of nitrogens with zero attached hydrogens (tertiary/aromatic N) is 4. The molecule has 31 heavy (non-hydrogen) atoms. The number of thioether (sulfide) groups is 1. The predicted octanol–water partition coefficient (Wildman–Crippen LogP) is 4.73. The van der Waals surface area contributed by atoms with Crippen LogP contribution in [0.3, 0.4) is 0 Å². The molecule has 1 N–H and O–H groups in total. The molecule has 0 fully saturated rings. The summed E-state index contributed by atoms with van der Waals surface area (Å²) in [6.45, 7) is 3.99. The molecule has 0 aliphatic carbocycles. The number of hydrogen-bond acceptors (Lipinski definition) is 7. The fourth-order valence-electron chi connectivity index (χ4n) is 2.80. The Kier molecular flexibility index (Phi) is 6.63. The minimum Gasteiger partial charge on any atom is -0.486 e. The first-order valence-electron chi connectivity index (χ1n) is 9.67. The van der Waals surface area contributed by atoms with Gasteiger partial charge < -0.3 is 10.1 Å². The van der Waals surface area contributed by atoms with Gasteiger partial charge in [0.05, 0.1) is 10.9 Å². The summed E-state index contributed by atoms with van der Waals surface area (Å²) < 4.78 is 7.80. The summed E-state index contributed by atoms with van der Waals surface area (Å²) in [6, 6.07) is 19.4. The van der Waals surface area contributed by atoms with Crippen molar-refractivity contribution in [1.29, 1.82) is 0 Å². The van der Waals surface area contributed by atoms with Crippen molar-refractivity contribution in [2.24, 2.45) is 0 Å². The Morgan fingerprint density at radius 3 is 2.52 bits per heavy atom. The van der Waals surface area contributed by atoms with Crippen LogP contribution in [0.15, 0.2) is 71.2 Å². The zero-order valence-corrected chi connectivity index (χ0v) is 18.7. The number of amides is 1. The Morgan fingerprint density at radius 1 is 1.13 bits per heavy atom. The van der Waals surface area contributed by atoms with Crippen LogP contribution in [0.4, 0.5) is 5.13 Å². The predicted molar refractivity (Wildman–Crippen MR) is 123 cm³/mol. The summed E-state index contributed by atoms with van der Waals surface area (Å²) >= 11 is 2.75. The van der Waals surface area contributed by atoms with E-state index in [1.165, 1.54) is 23.1 Å². The van der Waals surface area contributed by atoms with Crippen LogP contribution in [-0.2, 0) is 11.4 Å². The van der Waals surface area contributed by atoms with Gasteiger partial charge in [0.2, 0.25) is 5.91 Å². The summed E-state index contributed by atoms with van der Waals surface area (Å²) in [4.78, 5) is 16.9. The van der Waals surface area contributed by atoms with E-state index in [2.05, 4.69) is 20.5 Å². The van der Waals surface area contributed by atoms with Crippen LogP contribution < -0.4 is 10.1 Å². The lowest BCUT2D eigenvalue weighted by Crippen LogP contribution is -2.23. The van der Waals surface area contributed by atoms with Crippen molar-refractivity contribution in [1.82, 2.24) is 19.7 Å². The van der Waals surface area contributed by atoms with Gasteiger partial charge in [-0.2, -0.15) is 0 Å². The number of para-hydroxylation sites is 2. The number of nitrogens with one attached hydrogen (secondary N) is 1. The van der Waals surface area contributed by atoms with Crippen LogP contribution in [0.2, 0.25) is 0 Å². The second-order valence-corrected chi connectivity index (χ2v) is 8.88. The fraction of sp³-hybridized carbons (Fsp3) is 0.182. The van der Waals surface area contributed by atoms with Gasteiger partial charge in [-0.3, -0.25) is 9.36 Å². The van der Waals surface area contributed by atoms with Gasteiger partial charge in [-0.15, -0.1) is 21.5 Å². The first-order valence-corrected chi connectivity index (χ1v) is 11.4. The number of aryl methyl sites for hydroxylation is 1. The molecule has 7 nitrogen and oxygen atoms in total. The van der Waals surface area contributed by atoms with Gasteiger partial charge in [-0.05, 0) is 38.1 Å². The molecule has 1 atom stereocenters. The lowest BCUT2D eigenvalue weighted by molar-refractivity contribution is -0.115. The van der Waals surface area contributed by atoms with Crippen molar-refractivity contribution in [3.05, 3.63) is 77.6 Å². The molecule has 1 amide bonds. The van der Waals surface area contributed by atoms with Gasteiger partial charge in [0.15, 0.2) is 16.1 Å². The maximum absolute atomic E-state index is 12.6. The number of rotatable bonds is 8. The number of carbonyl (C=O) groups is 1. The Labute approximate surface area is 188 Å². The SMILES string of the molecule is Cc1csc(NC(=O)[C@H](C)Sc2nnc(COc3ccccc3)n2-c2ccccc2)n1. The van der Waals surface area contributed by atoms with E-state index in [9.17, 15) is 4.79 Å². The first-order chi connectivity index (χ1) is 15.1. The Balaban J connectivity index is 1.53. The number of benzene rings is 2. The third-order valence-corrected chi connectivity index (χ3v) is 6.24. The third-order valence-electron chi connectivity index (χ3n) is 4.33. The van der Waals surface area contributed by atoms with Gasteiger partial charge >= 0.3 is 0 Å². The zero-order valence-electron chi connectivity index (χ0n) is 17.1. The van der Waals surface area contributed by atoms with Crippen LogP contribution >= 0.6 is 23.1 Å². The van der Waals surface area contributed by atoms with E-state index in [-0.39, 0.29) is 12.5 Å². The molecule has 2 heterocycles. The maximum atomic E-state index is 12.6. The molecule has 2 aromatic carbocycles. The highest BCUT2D eigenvalue weighted by molar-refractivity contribution is 8.00. The highest BCUT2D eigenvalue weighted by Gasteiger charge is 2.22. The van der Waals surface area contributed by atoms with Crippen molar-refractivity contribution in [3.8, 4) is 11.4 Å². The summed E-state index contributed by atoms with van der Waals surface area (Å²) in [7, 11) is 0. The van der Waals surface area contributed by atoms with Crippen LogP contribution in [-0.4, -0.2) is 30.9 Å². The van der Waals surface area contributed by atoms with Crippen molar-refractivity contribution in [2.75, 3.05) is 5.32 Å². The Hall–Kier alpha value is -3.17. The monoisotopic (exact) mass is 451 g/mol. The average molecular weight is 452 g/mol. The standard InChI is InChI=1S/C22H21N5O2S2/c1-15-14-30-21(23-15)24-20(28)16(2)31-22-26-25-19(13-29-18-11-7-4-8-12-18)27(22)17-9-5-3-6-10-17/h3-12,14,16H,13H2,1-2H3,(H,23,24,28)/t16-/m0/s1. The lowest BCUT2D eigenvalue weighted by Gasteiger charge is -2.13. The minimum atomic E-state index is -0.390. The molecule has 0 saturated carbocycles. The molecule has 4 rings (SSSR count). The number of aromatic nitrogens is 4. The van der Waals surface area contributed by atoms with Gasteiger partial charge in [0.1, 0.15) is 12.4 Å². The maximum Gasteiger partial charge on any atom is 0.239 e. The molecular weight excluding hydrogens is 430 g/mol. The number of ether oxygens (including phenoxy) is 1. The number of thiazole rings is 1. The largest absolute Gasteiger partial charge is 0.486 e. The molecule has 4 aromatic rings. The quantitative estimate of drug-likeness (QED) is 0.390. The van der Waals surface area contributed by atoms with E-state index in [1.54, 1.807) is 0 Å². The van der Waals surface area contributed by atoms with Gasteiger partial charge in [-0.25, -0.2) is 4.98 Å². The summed E-state index contributed by atoms with van der Waals surface area (Å²) in [6.07, 6.45) is 0. The highest BCUT2D eigenvalue weighted by atomic mass is 32.2. The topological polar surface area (TPSA) is 81.9 Å². The molecule has 0 radical (unpaired) electrons. The van der Waals surface area contributed by atoms with E-state index in [4.69, 9.17) is 4.74 Å². The number of hydrogen-bond donors (Lipinski definition) is 1. The molecule has 158 valence electrons. The molecule has 0 saturated heterocycles. The summed E-state index contributed by atoms with van der Waals surface area (Å²) in [5.74, 6) is 1.27. The zero-order chi connectivity index (χ0) is 21.6. The lowest BCUT2D eigenvalue weighted by atomic mass is 10.3. The normalized spacial score (nSPS) is 11.8. The van der Waals surface area contributed by atoms with Crippen LogP contribution in [0.25, 0.3) is 5.69 Å². The Morgan fingerprint density at radius 2 is 1.84 bits per heavy atom. The van der Waals surface area contributed by atoms with E-state index >= 15 is 0 Å². The second-order valence-electron chi connectivity index (χ2n) is 6.71. The summed E-state index contributed by atoms with van der Waals surface area (Å²) in [5, 5.41) is 14.3. The first kappa shape index (κ1) is 21.1. The van der Waals surface area contributed by atoms with E-state index in [0.29, 0.717) is 16.1 Å². The van der Waals surface area contributed by atoms with Crippen LogP contribution in [0, 0.1) is 6.92 Å². The average Bonchev–Trinajstić information content (AvgIpc) is 3.39. The number of carbonyl (C=O) groups excluding carboxylic acids is 1. The van der Waals surface area contributed by atoms with Gasteiger partial charge in [0, 0.05) is 11.1 Å².